The summed E-state index contributed by atoms with van der Waals surface area (Å²) in [6, 6.07) is 4.58. The summed E-state index contributed by atoms with van der Waals surface area (Å²) in [6.45, 7) is 2.60. The molecule has 126 valence electrons. The van der Waals surface area contributed by atoms with E-state index in [0.717, 1.165) is 22.8 Å². The summed E-state index contributed by atoms with van der Waals surface area (Å²) in [5.74, 6) is 0.0782. The average Bonchev–Trinajstić information content (AvgIpc) is 2.90. The Morgan fingerprint density at radius 3 is 2.83 bits per heavy atom. The SMILES string of the molecule is Cc1csc(CNCC(O)COc2cccc(C(F)(F)F)c2)n1. The molecule has 8 heteroatoms. The third-order valence-electron chi connectivity index (χ3n) is 2.93. The Morgan fingerprint density at radius 2 is 2.17 bits per heavy atom. The van der Waals surface area contributed by atoms with Gasteiger partial charge in [0.15, 0.2) is 0 Å². The van der Waals surface area contributed by atoms with Crippen LogP contribution in [0.1, 0.15) is 16.3 Å². The number of nitrogens with one attached hydrogen (secondary N) is 1. The second kappa shape index (κ2) is 7.76. The van der Waals surface area contributed by atoms with E-state index in [1.165, 1.54) is 23.5 Å². The lowest BCUT2D eigenvalue weighted by atomic mass is 10.2. The number of nitrogens with zero attached hydrogens (tertiary/aromatic N) is 1. The quantitative estimate of drug-likeness (QED) is 0.809. The molecule has 2 N–H and O–H groups in total. The highest BCUT2D eigenvalue weighted by Crippen LogP contribution is 2.31. The van der Waals surface area contributed by atoms with Crippen LogP contribution in [0.4, 0.5) is 13.2 Å². The van der Waals surface area contributed by atoms with E-state index in [1.807, 2.05) is 12.3 Å². The second-order valence-electron chi connectivity index (χ2n) is 5.00. The van der Waals surface area contributed by atoms with Gasteiger partial charge in [0.1, 0.15) is 23.5 Å². The molecule has 0 amide bonds. The minimum absolute atomic E-state index is 0.0782. The maximum atomic E-state index is 12.6. The van der Waals surface area contributed by atoms with Gasteiger partial charge in [0.05, 0.1) is 5.56 Å². The molecule has 2 aromatic rings. The summed E-state index contributed by atoms with van der Waals surface area (Å²) < 4.78 is 42.9. The number of aliphatic hydroxyl groups is 1. The zero-order valence-electron chi connectivity index (χ0n) is 12.4. The van der Waals surface area contributed by atoms with Crippen molar-refractivity contribution in [3.8, 4) is 5.75 Å². The number of aromatic nitrogens is 1. The molecule has 4 nitrogen and oxygen atoms in total. The molecule has 0 bridgehead atoms. The van der Waals surface area contributed by atoms with Crippen molar-refractivity contribution in [2.24, 2.45) is 0 Å². The van der Waals surface area contributed by atoms with Crippen molar-refractivity contribution in [1.29, 1.82) is 0 Å². The fourth-order valence-corrected chi connectivity index (χ4v) is 2.58. The minimum Gasteiger partial charge on any atom is -0.491 e. The number of aryl methyl sites for hydroxylation is 1. The van der Waals surface area contributed by atoms with Crippen molar-refractivity contribution >= 4 is 11.3 Å². The summed E-state index contributed by atoms with van der Waals surface area (Å²) >= 11 is 1.52. The van der Waals surface area contributed by atoms with Gasteiger partial charge in [0.2, 0.25) is 0 Å². The first-order valence-corrected chi connectivity index (χ1v) is 7.82. The van der Waals surface area contributed by atoms with Crippen LogP contribution >= 0.6 is 11.3 Å². The van der Waals surface area contributed by atoms with Gasteiger partial charge in [-0.05, 0) is 25.1 Å². The Hall–Kier alpha value is -1.64. The lowest BCUT2D eigenvalue weighted by Gasteiger charge is -2.14. The highest BCUT2D eigenvalue weighted by atomic mass is 32.1. The Bertz CT molecular complexity index is 631. The van der Waals surface area contributed by atoms with E-state index in [1.54, 1.807) is 0 Å². The number of benzene rings is 1. The molecule has 0 saturated heterocycles. The van der Waals surface area contributed by atoms with E-state index in [9.17, 15) is 18.3 Å². The zero-order valence-corrected chi connectivity index (χ0v) is 13.2. The van der Waals surface area contributed by atoms with Crippen molar-refractivity contribution in [2.45, 2.75) is 25.7 Å². The van der Waals surface area contributed by atoms with Gasteiger partial charge in [-0.3, -0.25) is 0 Å². The number of alkyl halides is 3. The maximum absolute atomic E-state index is 12.6. The molecule has 23 heavy (non-hydrogen) atoms. The van der Waals surface area contributed by atoms with Gasteiger partial charge < -0.3 is 15.2 Å². The number of rotatable bonds is 7. The van der Waals surface area contributed by atoms with Crippen LogP contribution in [-0.2, 0) is 12.7 Å². The molecule has 0 saturated carbocycles. The fraction of sp³-hybridized carbons (Fsp3) is 0.400. The van der Waals surface area contributed by atoms with Crippen molar-refractivity contribution in [3.05, 3.63) is 45.9 Å². The molecule has 0 aliphatic rings. The molecule has 1 atom stereocenters. The van der Waals surface area contributed by atoms with Crippen LogP contribution in [0.2, 0.25) is 0 Å². The van der Waals surface area contributed by atoms with E-state index in [2.05, 4.69) is 10.3 Å². The van der Waals surface area contributed by atoms with Gasteiger partial charge in [0, 0.05) is 24.2 Å². The third kappa shape index (κ3) is 5.81. The normalized spacial score (nSPS) is 13.1. The monoisotopic (exact) mass is 346 g/mol. The molecular weight excluding hydrogens is 329 g/mol. The van der Waals surface area contributed by atoms with Crippen LogP contribution in [0, 0.1) is 6.92 Å². The molecule has 1 unspecified atom stereocenters. The predicted octanol–water partition coefficient (Wildman–Crippen LogP) is 3.00. The highest BCUT2D eigenvalue weighted by Gasteiger charge is 2.30. The molecule has 2 rings (SSSR count). The Labute approximate surface area is 135 Å². The van der Waals surface area contributed by atoms with E-state index >= 15 is 0 Å². The molecule has 1 aromatic heterocycles. The number of ether oxygens (including phenoxy) is 1. The number of hydrogen-bond donors (Lipinski definition) is 2. The molecule has 1 aromatic carbocycles. The molecule has 1 heterocycles. The van der Waals surface area contributed by atoms with Crippen molar-refractivity contribution in [2.75, 3.05) is 13.2 Å². The number of hydrogen-bond acceptors (Lipinski definition) is 5. The van der Waals surface area contributed by atoms with Gasteiger partial charge >= 0.3 is 6.18 Å². The fourth-order valence-electron chi connectivity index (χ4n) is 1.84. The number of thiazole rings is 1. The molecule has 0 fully saturated rings. The zero-order chi connectivity index (χ0) is 16.9. The number of aliphatic hydroxyl groups excluding tert-OH is 1. The van der Waals surface area contributed by atoms with Crippen LogP contribution in [-0.4, -0.2) is 29.3 Å². The third-order valence-corrected chi connectivity index (χ3v) is 3.89. The van der Waals surface area contributed by atoms with Gasteiger partial charge in [-0.25, -0.2) is 4.98 Å². The van der Waals surface area contributed by atoms with Crippen molar-refractivity contribution < 1.29 is 23.0 Å². The van der Waals surface area contributed by atoms with E-state index in [0.29, 0.717) is 6.54 Å². The first-order chi connectivity index (χ1) is 10.8. The Morgan fingerprint density at radius 1 is 1.39 bits per heavy atom. The van der Waals surface area contributed by atoms with Crippen LogP contribution < -0.4 is 10.1 Å². The lowest BCUT2D eigenvalue weighted by molar-refractivity contribution is -0.137. The largest absolute Gasteiger partial charge is 0.491 e. The maximum Gasteiger partial charge on any atom is 0.416 e. The van der Waals surface area contributed by atoms with Gasteiger partial charge in [-0.15, -0.1) is 11.3 Å². The second-order valence-corrected chi connectivity index (χ2v) is 5.95. The predicted molar refractivity (Wildman–Crippen MR) is 81.5 cm³/mol. The van der Waals surface area contributed by atoms with E-state index in [4.69, 9.17) is 4.74 Å². The van der Waals surface area contributed by atoms with Crippen molar-refractivity contribution in [1.82, 2.24) is 10.3 Å². The topological polar surface area (TPSA) is 54.4 Å². The molecule has 0 spiro atoms. The summed E-state index contributed by atoms with van der Waals surface area (Å²) in [6.07, 6.45) is -5.24. The first-order valence-electron chi connectivity index (χ1n) is 6.94. The van der Waals surface area contributed by atoms with Gasteiger partial charge in [-0.1, -0.05) is 6.07 Å². The molecular formula is C15H17F3N2O2S. The summed E-state index contributed by atoms with van der Waals surface area (Å²) in [7, 11) is 0. The smallest absolute Gasteiger partial charge is 0.416 e. The van der Waals surface area contributed by atoms with Crippen LogP contribution in [0.25, 0.3) is 0 Å². The summed E-state index contributed by atoms with van der Waals surface area (Å²) in [5.41, 5.74) is 0.169. The van der Waals surface area contributed by atoms with Crippen LogP contribution in [0.3, 0.4) is 0 Å². The summed E-state index contributed by atoms with van der Waals surface area (Å²) in [4.78, 5) is 4.27. The van der Waals surface area contributed by atoms with E-state index < -0.39 is 17.8 Å². The average molecular weight is 346 g/mol. The first kappa shape index (κ1) is 17.7. The molecule has 0 radical (unpaired) electrons. The van der Waals surface area contributed by atoms with E-state index in [-0.39, 0.29) is 18.9 Å². The molecule has 0 aliphatic carbocycles. The van der Waals surface area contributed by atoms with Crippen molar-refractivity contribution in [3.63, 3.8) is 0 Å². The Balaban J connectivity index is 1.74. The summed E-state index contributed by atoms with van der Waals surface area (Å²) in [5, 5.41) is 15.7. The minimum atomic E-state index is -4.41. The number of halogens is 3. The van der Waals surface area contributed by atoms with Gasteiger partial charge in [0.25, 0.3) is 0 Å². The standard InChI is InChI=1S/C15H17F3N2O2S/c1-10-9-23-14(20-10)7-19-6-12(21)8-22-13-4-2-3-11(5-13)15(16,17)18/h2-5,9,12,19,21H,6-8H2,1H3. The van der Waals surface area contributed by atoms with Crippen LogP contribution in [0.5, 0.6) is 5.75 Å². The van der Waals surface area contributed by atoms with Gasteiger partial charge in [-0.2, -0.15) is 13.2 Å². The molecule has 0 aliphatic heterocycles. The Kier molecular flexibility index (Phi) is 5.97. The van der Waals surface area contributed by atoms with Crippen LogP contribution in [0.15, 0.2) is 29.6 Å². The highest BCUT2D eigenvalue weighted by molar-refractivity contribution is 7.09. The lowest BCUT2D eigenvalue weighted by Crippen LogP contribution is -2.31.